The van der Waals surface area contributed by atoms with Crippen molar-refractivity contribution < 1.29 is 14.4 Å². The molecule has 2 atom stereocenters. The number of aliphatic imine (C=N–C) groups is 1. The molecule has 11 heteroatoms. The molecule has 0 spiro atoms. The Morgan fingerprint density at radius 1 is 1.29 bits per heavy atom. The van der Waals surface area contributed by atoms with Gasteiger partial charge in [0.1, 0.15) is 6.29 Å². The van der Waals surface area contributed by atoms with Crippen LogP contribution in [0.2, 0.25) is 0 Å². The van der Waals surface area contributed by atoms with E-state index in [0.717, 1.165) is 25.8 Å². The molecule has 1 aliphatic rings. The first-order valence-electron chi connectivity index (χ1n) is 9.19. The van der Waals surface area contributed by atoms with Gasteiger partial charge in [0.15, 0.2) is 5.96 Å². The Morgan fingerprint density at radius 3 is 2.46 bits per heavy atom. The van der Waals surface area contributed by atoms with Gasteiger partial charge in [-0.05, 0) is 46.1 Å². The molecule has 164 valence electrons. The maximum atomic E-state index is 12.7. The van der Waals surface area contributed by atoms with Crippen molar-refractivity contribution in [3.05, 3.63) is 0 Å². The summed E-state index contributed by atoms with van der Waals surface area (Å²) in [6, 6.07) is -0.956. The van der Waals surface area contributed by atoms with Crippen LogP contribution >= 0.6 is 24.8 Å². The van der Waals surface area contributed by atoms with Crippen molar-refractivity contribution in [1.82, 2.24) is 15.5 Å². The Hall–Kier alpha value is -1.58. The fourth-order valence-electron chi connectivity index (χ4n) is 2.88. The highest BCUT2D eigenvalue weighted by atomic mass is 35.5. The Kier molecular flexibility index (Phi) is 15.7. The lowest BCUT2D eigenvalue weighted by Crippen LogP contribution is -2.54. The van der Waals surface area contributed by atoms with E-state index >= 15 is 0 Å². The van der Waals surface area contributed by atoms with Crippen LogP contribution in [-0.2, 0) is 14.4 Å². The quantitative estimate of drug-likeness (QED) is 0.162. The molecule has 0 unspecified atom stereocenters. The third-order valence-electron chi connectivity index (χ3n) is 4.31. The van der Waals surface area contributed by atoms with Gasteiger partial charge >= 0.3 is 0 Å². The molecule has 0 aromatic rings. The van der Waals surface area contributed by atoms with Crippen molar-refractivity contribution in [3.63, 3.8) is 0 Å². The number of guanidine groups is 1. The van der Waals surface area contributed by atoms with Crippen LogP contribution in [0.25, 0.3) is 0 Å². The molecule has 0 saturated carbocycles. The van der Waals surface area contributed by atoms with E-state index in [4.69, 9.17) is 11.5 Å². The molecule has 1 rings (SSSR count). The number of hydrogen-bond acceptors (Lipinski definition) is 5. The van der Waals surface area contributed by atoms with Gasteiger partial charge < -0.3 is 31.8 Å². The van der Waals surface area contributed by atoms with E-state index in [1.165, 1.54) is 0 Å². The molecule has 0 aliphatic carbocycles. The Balaban J connectivity index is 0. The summed E-state index contributed by atoms with van der Waals surface area (Å²) in [7, 11) is 0. The number of amides is 2. The summed E-state index contributed by atoms with van der Waals surface area (Å²) in [5, 5.41) is 5.88. The lowest BCUT2D eigenvalue weighted by atomic mass is 10.0. The van der Waals surface area contributed by atoms with Gasteiger partial charge in [0.2, 0.25) is 11.8 Å². The zero-order chi connectivity index (χ0) is 19.5. The third-order valence-corrected chi connectivity index (χ3v) is 4.31. The minimum atomic E-state index is -0.617. The SMILES string of the molecule is CC(C)N(CC(=O)N[C@H](C=O)CCCN=C(N)N)C(=O)[C@H]1CCCCN1.Cl.Cl. The van der Waals surface area contributed by atoms with Crippen LogP contribution in [0.4, 0.5) is 0 Å². The van der Waals surface area contributed by atoms with Crippen LogP contribution in [0.1, 0.15) is 46.0 Å². The van der Waals surface area contributed by atoms with Crippen LogP contribution in [0.3, 0.4) is 0 Å². The number of nitrogens with one attached hydrogen (secondary N) is 2. The molecule has 1 heterocycles. The van der Waals surface area contributed by atoms with Crippen LogP contribution in [-0.4, -0.2) is 66.7 Å². The molecule has 0 aromatic carbocycles. The topological polar surface area (TPSA) is 143 Å². The molecule has 9 nitrogen and oxygen atoms in total. The number of carbonyl (C=O) groups is 3. The number of halogens is 2. The first kappa shape index (κ1) is 28.6. The summed E-state index contributed by atoms with van der Waals surface area (Å²) in [4.78, 5) is 41.6. The summed E-state index contributed by atoms with van der Waals surface area (Å²) < 4.78 is 0. The molecular formula is C17H34Cl2N6O3. The average molecular weight is 441 g/mol. The summed E-state index contributed by atoms with van der Waals surface area (Å²) in [6.45, 7) is 4.90. The largest absolute Gasteiger partial charge is 0.370 e. The molecule has 2 amide bonds. The maximum absolute atomic E-state index is 12.7. The second-order valence-electron chi connectivity index (χ2n) is 6.82. The van der Waals surface area contributed by atoms with Crippen molar-refractivity contribution in [3.8, 4) is 0 Å². The molecule has 1 fully saturated rings. The lowest BCUT2D eigenvalue weighted by molar-refractivity contribution is -0.140. The van der Waals surface area contributed by atoms with Crippen LogP contribution in [0, 0.1) is 0 Å². The predicted molar refractivity (Wildman–Crippen MR) is 115 cm³/mol. The second kappa shape index (κ2) is 15.4. The van der Waals surface area contributed by atoms with E-state index in [1.54, 1.807) is 4.90 Å². The molecule has 0 bridgehead atoms. The van der Waals surface area contributed by atoms with E-state index in [-0.39, 0.29) is 61.2 Å². The second-order valence-corrected chi connectivity index (χ2v) is 6.82. The molecule has 0 radical (unpaired) electrons. The van der Waals surface area contributed by atoms with E-state index in [2.05, 4.69) is 15.6 Å². The van der Waals surface area contributed by atoms with Crippen molar-refractivity contribution in [1.29, 1.82) is 0 Å². The van der Waals surface area contributed by atoms with Crippen LogP contribution < -0.4 is 22.1 Å². The molecule has 1 saturated heterocycles. The third kappa shape index (κ3) is 10.7. The molecule has 28 heavy (non-hydrogen) atoms. The van der Waals surface area contributed by atoms with Gasteiger partial charge in [-0.1, -0.05) is 6.42 Å². The highest BCUT2D eigenvalue weighted by Crippen LogP contribution is 2.12. The fourth-order valence-corrected chi connectivity index (χ4v) is 2.88. The smallest absolute Gasteiger partial charge is 0.240 e. The summed E-state index contributed by atoms with van der Waals surface area (Å²) in [6.07, 6.45) is 4.55. The number of rotatable bonds is 10. The number of hydrogen-bond donors (Lipinski definition) is 4. The van der Waals surface area contributed by atoms with Gasteiger partial charge in [-0.3, -0.25) is 14.6 Å². The molecule has 1 aliphatic heterocycles. The Labute approximate surface area is 179 Å². The zero-order valence-corrected chi connectivity index (χ0v) is 18.2. The van der Waals surface area contributed by atoms with E-state index < -0.39 is 6.04 Å². The minimum absolute atomic E-state index is 0. The maximum Gasteiger partial charge on any atom is 0.240 e. The van der Waals surface area contributed by atoms with Gasteiger partial charge in [0.25, 0.3) is 0 Å². The lowest BCUT2D eigenvalue weighted by Gasteiger charge is -2.32. The Morgan fingerprint density at radius 2 is 1.96 bits per heavy atom. The summed E-state index contributed by atoms with van der Waals surface area (Å²) in [5.41, 5.74) is 10.5. The van der Waals surface area contributed by atoms with E-state index in [9.17, 15) is 14.4 Å². The highest BCUT2D eigenvalue weighted by molar-refractivity contribution is 5.88. The fraction of sp³-hybridized carbons (Fsp3) is 0.765. The predicted octanol–water partition coefficient (Wildman–Crippen LogP) is -0.0536. The molecular weight excluding hydrogens is 407 g/mol. The number of nitrogens with zero attached hydrogens (tertiary/aromatic N) is 2. The summed E-state index contributed by atoms with van der Waals surface area (Å²) in [5.74, 6) is -0.411. The van der Waals surface area contributed by atoms with Crippen molar-refractivity contribution in [2.45, 2.75) is 64.1 Å². The van der Waals surface area contributed by atoms with Gasteiger partial charge in [0, 0.05) is 12.6 Å². The molecule has 0 aromatic heterocycles. The van der Waals surface area contributed by atoms with Crippen molar-refractivity contribution in [2.75, 3.05) is 19.6 Å². The monoisotopic (exact) mass is 440 g/mol. The number of carbonyl (C=O) groups excluding carboxylic acids is 3. The summed E-state index contributed by atoms with van der Waals surface area (Å²) >= 11 is 0. The van der Waals surface area contributed by atoms with Gasteiger partial charge in [0.05, 0.1) is 18.6 Å². The first-order valence-corrected chi connectivity index (χ1v) is 9.19. The highest BCUT2D eigenvalue weighted by Gasteiger charge is 2.29. The van der Waals surface area contributed by atoms with Gasteiger partial charge in [-0.15, -0.1) is 24.8 Å². The normalized spacial score (nSPS) is 16.8. The van der Waals surface area contributed by atoms with Crippen LogP contribution in [0.15, 0.2) is 4.99 Å². The minimum Gasteiger partial charge on any atom is -0.370 e. The number of piperidine rings is 1. The van der Waals surface area contributed by atoms with Crippen molar-refractivity contribution >= 4 is 48.9 Å². The van der Waals surface area contributed by atoms with Gasteiger partial charge in [-0.2, -0.15) is 0 Å². The van der Waals surface area contributed by atoms with Gasteiger partial charge in [-0.25, -0.2) is 0 Å². The number of nitrogens with two attached hydrogens (primary N) is 2. The standard InChI is InChI=1S/C17H32N6O3.2ClH/c1-12(2)23(16(26)14-7-3-4-8-20-14)10-15(25)22-13(11-24)6-5-9-21-17(18)19;;/h11-14,20H,3-10H2,1-2H3,(H,22,25)(H4,18,19,21);2*1H/t13-,14+;;/m0../s1. The Bertz CT molecular complexity index is 509. The first-order chi connectivity index (χ1) is 12.3. The zero-order valence-electron chi connectivity index (χ0n) is 16.6. The number of aldehydes is 1. The van der Waals surface area contributed by atoms with E-state index in [1.807, 2.05) is 13.8 Å². The van der Waals surface area contributed by atoms with E-state index in [0.29, 0.717) is 25.7 Å². The van der Waals surface area contributed by atoms with Crippen LogP contribution in [0.5, 0.6) is 0 Å². The molecule has 6 N–H and O–H groups in total. The average Bonchev–Trinajstić information content (AvgIpc) is 2.62. The van der Waals surface area contributed by atoms with Crippen molar-refractivity contribution in [2.24, 2.45) is 16.5 Å².